The first kappa shape index (κ1) is 77.9. The lowest BCUT2D eigenvalue weighted by Gasteiger charge is -2.55. The Bertz CT molecular complexity index is 6140. The number of hydrogen-bond acceptors (Lipinski definition) is 22. The van der Waals surface area contributed by atoms with Crippen LogP contribution in [0.2, 0.25) is 0 Å². The zero-order valence-electron chi connectivity index (χ0n) is 69.5. The van der Waals surface area contributed by atoms with Crippen molar-refractivity contribution in [2.45, 2.75) is 154 Å². The van der Waals surface area contributed by atoms with Crippen LogP contribution in [0.4, 0.5) is 52.0 Å². The summed E-state index contributed by atoms with van der Waals surface area (Å²) in [6, 6.07) is 38.5. The van der Waals surface area contributed by atoms with Gasteiger partial charge in [-0.25, -0.2) is 58.0 Å². The van der Waals surface area contributed by atoms with E-state index in [0.717, 1.165) is 112 Å². The summed E-state index contributed by atoms with van der Waals surface area (Å²) in [5, 5.41) is 25.7. The summed E-state index contributed by atoms with van der Waals surface area (Å²) >= 11 is 0. The summed E-state index contributed by atoms with van der Waals surface area (Å²) in [7, 11) is 2.20. The summed E-state index contributed by atoms with van der Waals surface area (Å²) in [6.45, 7) is 35.9. The molecule has 618 valence electrons. The number of likely N-dealkylation sites (tertiary alicyclic amines) is 2. The second-order valence-electron chi connectivity index (χ2n) is 35.5. The Morgan fingerprint density at radius 1 is 0.508 bits per heavy atom. The van der Waals surface area contributed by atoms with Gasteiger partial charge in [0.15, 0.2) is 34.4 Å². The third kappa shape index (κ3) is 14.4. The highest BCUT2D eigenvalue weighted by molar-refractivity contribution is 5.80. The fraction of sp³-hybridized carbons (Fsp3) is 0.413. The summed E-state index contributed by atoms with van der Waals surface area (Å²) in [5.74, 6) is 3.54. The number of fused-ring (bicyclic) bond motifs is 8. The Balaban J connectivity index is 0.000000119. The number of nitrogens with one attached hydrogen (secondary N) is 4. The summed E-state index contributed by atoms with van der Waals surface area (Å²) in [5.41, 5.74) is 13.8. The van der Waals surface area contributed by atoms with E-state index in [0.29, 0.717) is 122 Å². The van der Waals surface area contributed by atoms with E-state index < -0.39 is 5.60 Å². The van der Waals surface area contributed by atoms with Crippen molar-refractivity contribution >= 4 is 85.1 Å². The average molecular weight is 1610 g/mol. The predicted octanol–water partition coefficient (Wildman–Crippen LogP) is 12.2. The van der Waals surface area contributed by atoms with Gasteiger partial charge in [0.05, 0.1) is 31.0 Å². The lowest BCUT2D eigenvalue weighted by atomic mass is 9.72. The molecule has 21 rings (SSSR count). The largest absolute Gasteiger partial charge is 0.384 e. The minimum Gasteiger partial charge on any atom is -0.384 e. The summed E-state index contributed by atoms with van der Waals surface area (Å²) < 4.78 is 10.1. The molecule has 4 unspecified atom stereocenters. The van der Waals surface area contributed by atoms with Gasteiger partial charge in [-0.15, -0.1) is 19.7 Å². The zero-order valence-corrected chi connectivity index (χ0v) is 69.5. The molecule has 0 radical (unpaired) electrons. The van der Waals surface area contributed by atoms with Gasteiger partial charge in [0.2, 0.25) is 17.8 Å². The number of piperazine rings is 1. The van der Waals surface area contributed by atoms with Gasteiger partial charge in [-0.05, 0) is 223 Å². The van der Waals surface area contributed by atoms with Crippen LogP contribution in [0.3, 0.4) is 0 Å². The Hall–Kier alpha value is -12.0. The van der Waals surface area contributed by atoms with E-state index in [9.17, 15) is 19.5 Å². The number of hydrogen-bond donors (Lipinski definition) is 5. The number of aryl methyl sites for hydroxylation is 3. The molecule has 3 aromatic carbocycles. The van der Waals surface area contributed by atoms with Crippen LogP contribution in [0.15, 0.2) is 180 Å². The van der Waals surface area contributed by atoms with Crippen LogP contribution in [0.5, 0.6) is 0 Å². The van der Waals surface area contributed by atoms with Crippen LogP contribution < -0.4 is 52.6 Å². The van der Waals surface area contributed by atoms with Gasteiger partial charge in [0.25, 0.3) is 16.7 Å². The lowest BCUT2D eigenvalue weighted by Crippen LogP contribution is -2.60. The highest BCUT2D eigenvalue weighted by atomic mass is 16.3. The van der Waals surface area contributed by atoms with Crippen molar-refractivity contribution in [2.75, 3.05) is 110 Å². The van der Waals surface area contributed by atoms with Crippen molar-refractivity contribution < 1.29 is 5.11 Å². The number of piperidine rings is 2. The van der Waals surface area contributed by atoms with Crippen LogP contribution in [0, 0.1) is 10.8 Å². The maximum Gasteiger partial charge on any atom is 0.278 e. The quantitative estimate of drug-likeness (QED) is 0.0470. The maximum atomic E-state index is 13.3. The molecule has 3 aliphatic carbocycles. The van der Waals surface area contributed by atoms with Crippen LogP contribution in [0.1, 0.15) is 126 Å². The molecule has 6 aliphatic heterocycles. The van der Waals surface area contributed by atoms with Crippen molar-refractivity contribution in [3.8, 4) is 17.5 Å². The molecule has 6 saturated heterocycles. The second-order valence-corrected chi connectivity index (χ2v) is 35.5. The smallest absolute Gasteiger partial charge is 0.278 e. The summed E-state index contributed by atoms with van der Waals surface area (Å²) in [4.78, 5) is 95.0. The second kappa shape index (κ2) is 31.0. The third-order valence-corrected chi connectivity index (χ3v) is 26.8. The molecule has 2 spiro atoms. The number of allylic oxidation sites excluding steroid dienone is 3. The predicted molar refractivity (Wildman–Crippen MR) is 473 cm³/mol. The highest BCUT2D eigenvalue weighted by Crippen LogP contribution is 2.45. The lowest BCUT2D eigenvalue weighted by molar-refractivity contribution is 0.00132. The van der Waals surface area contributed by atoms with Gasteiger partial charge in [-0.1, -0.05) is 64.1 Å². The van der Waals surface area contributed by atoms with E-state index >= 15 is 0 Å². The van der Waals surface area contributed by atoms with Crippen molar-refractivity contribution in [3.63, 3.8) is 0 Å². The van der Waals surface area contributed by atoms with Gasteiger partial charge in [0, 0.05) is 134 Å². The molecule has 9 aliphatic rings. The fourth-order valence-corrected chi connectivity index (χ4v) is 20.1. The molecule has 0 saturated carbocycles. The molecule has 5 N–H and O–H groups in total. The molecule has 4 atom stereocenters. The molecule has 28 heteroatoms. The fourth-order valence-electron chi connectivity index (χ4n) is 20.1. The maximum absolute atomic E-state index is 13.3. The van der Waals surface area contributed by atoms with Crippen molar-refractivity contribution in [1.29, 1.82) is 0 Å². The van der Waals surface area contributed by atoms with Gasteiger partial charge in [0.1, 0.15) is 21.8 Å². The highest BCUT2D eigenvalue weighted by Gasteiger charge is 2.46. The number of rotatable bonds is 19. The molecule has 12 aromatic rings. The molecule has 2 bridgehead atoms. The topological polar surface area (TPSA) is 281 Å². The number of nitrogens with zero attached hydrogens (tertiary/aromatic N) is 20. The Morgan fingerprint density at radius 2 is 0.950 bits per heavy atom. The van der Waals surface area contributed by atoms with E-state index in [1.807, 2.05) is 41.1 Å². The van der Waals surface area contributed by atoms with Crippen LogP contribution in [-0.2, 0) is 49.9 Å². The van der Waals surface area contributed by atoms with E-state index in [1.54, 1.807) is 67.2 Å². The van der Waals surface area contributed by atoms with Crippen LogP contribution >= 0.6 is 0 Å². The third-order valence-electron chi connectivity index (χ3n) is 26.8. The number of benzene rings is 3. The van der Waals surface area contributed by atoms with E-state index in [1.165, 1.54) is 86.5 Å². The van der Waals surface area contributed by atoms with E-state index in [-0.39, 0.29) is 28.6 Å². The first-order chi connectivity index (χ1) is 58.1. The average Bonchev–Trinajstić information content (AvgIpc) is 1.69. The Kier molecular flexibility index (Phi) is 20.1. The summed E-state index contributed by atoms with van der Waals surface area (Å²) in [6.07, 6.45) is 21.8. The number of anilines is 9. The zero-order chi connectivity index (χ0) is 82.5. The molecule has 15 heterocycles. The first-order valence-electron chi connectivity index (χ1n) is 42.7. The van der Waals surface area contributed by atoms with Gasteiger partial charge >= 0.3 is 0 Å². The number of aromatic nitrogens is 15. The molecule has 9 aromatic heterocycles. The van der Waals surface area contributed by atoms with E-state index in [2.05, 4.69) is 188 Å². The molecular weight excluding hydrogens is 1510 g/mol. The number of pyridine rings is 3. The van der Waals surface area contributed by atoms with Crippen molar-refractivity contribution in [3.05, 3.63) is 231 Å². The monoisotopic (exact) mass is 1610 g/mol. The Labute approximate surface area is 697 Å². The van der Waals surface area contributed by atoms with Gasteiger partial charge in [-0.3, -0.25) is 14.4 Å². The molecule has 28 nitrogen and oxygen atoms in total. The molecule has 120 heavy (non-hydrogen) atoms. The Morgan fingerprint density at radius 3 is 1.42 bits per heavy atom. The van der Waals surface area contributed by atoms with E-state index in [4.69, 9.17) is 29.9 Å². The van der Waals surface area contributed by atoms with Crippen LogP contribution in [0.25, 0.3) is 50.6 Å². The van der Waals surface area contributed by atoms with Crippen molar-refractivity contribution in [1.82, 2.24) is 88.1 Å². The van der Waals surface area contributed by atoms with Gasteiger partial charge in [-0.2, -0.15) is 15.0 Å². The molecule has 6 fully saturated rings. The van der Waals surface area contributed by atoms with Crippen LogP contribution in [-0.4, -0.2) is 179 Å². The molecular formula is C92H106N24O4. The SMILES string of the molecule is C=CCn1c(=O)c2cnc(Nc3ccc(N4CC5(CCN(CC)CC5)C4)cc3)nc2n1-c1ccc2c(n1)C(C)CC2.C=CCn1c(=O)c2cnc(Nc3ccc(N4CC5CC4CN5)cc3)nc2n1-c1ccc2c(n1)C(C)(C)CC2.C=CCn1c(=O)c2cnc(Nc3ccc(N4CCC5(CC4)CN(C)C5)cc3)nc2n1-c1ccc2c(n1)C(C)(O)CC2. The minimum atomic E-state index is -1.00. The first-order valence-corrected chi connectivity index (χ1v) is 42.7. The normalized spacial score (nSPS) is 20.9. The van der Waals surface area contributed by atoms with Crippen molar-refractivity contribution in [2.24, 2.45) is 10.8 Å². The minimum absolute atomic E-state index is 0.00312. The molecule has 0 amide bonds. The standard InChI is InChI=1S/C32H38N8O.C31H36N8O2.C29H32N8O/c1-4-16-39-30(41)26-19-33-31(36-29(26)40(39)27-13-8-23-7-6-22(3)28(23)35-27)34-24-9-11-25(12-10-24)38-20-32(21-38)14-17-37(5-2)18-15-32;1-4-15-38-28(40)24-18-32-29(35-27(24)39(38)25-10-5-21-11-12-30(2,41)26(21)34-25)33-22-6-8-23(9-7-22)37-16-13-31(14-17-37)19-36(3)20-31;1-4-13-36-27(38)23-16-31-28(32-19-6-8-21(9-7-19)35-17-20-14-22(35)15-30-20)34-26(23)37(36)24-10-5-18-11-12-29(2,3)25(18)33-24/h4,8-13,19,22H,1,5-7,14-18,20-21H2,2-3H3,(H,33,34,36);4-10,18,41H,1,11-17,19-20H2,2-3H3,(H,32,33,35);4-10,16,20,22,30H,1,11-15,17H2,2-3H3,(H,31,32,34). The number of aliphatic hydroxyl groups is 1. The van der Waals surface area contributed by atoms with Gasteiger partial charge < -0.3 is 50.9 Å².